The molecule has 1 N–H and O–H groups in total. The van der Waals surface area contributed by atoms with E-state index in [1.165, 1.54) is 42.7 Å². The van der Waals surface area contributed by atoms with Crippen LogP contribution in [-0.4, -0.2) is 12.8 Å². The number of thioether (sulfide) groups is 1. The van der Waals surface area contributed by atoms with Gasteiger partial charge in [0.25, 0.3) is 0 Å². The van der Waals surface area contributed by atoms with Gasteiger partial charge in [0, 0.05) is 10.9 Å². The molecule has 2 rings (SSSR count). The van der Waals surface area contributed by atoms with Gasteiger partial charge in [0.1, 0.15) is 0 Å². The molecule has 0 bridgehead atoms. The summed E-state index contributed by atoms with van der Waals surface area (Å²) in [4.78, 5) is 1.34. The minimum absolute atomic E-state index is 0.478. The van der Waals surface area contributed by atoms with Gasteiger partial charge in [-0.3, -0.25) is 0 Å². The molecule has 1 nitrogen and oxygen atoms in total. The molecule has 1 aliphatic rings. The van der Waals surface area contributed by atoms with Crippen LogP contribution in [-0.2, 0) is 0 Å². The molecule has 0 saturated heterocycles. The first-order valence-corrected chi connectivity index (χ1v) is 7.89. The highest BCUT2D eigenvalue weighted by molar-refractivity contribution is 7.98. The molecule has 1 unspecified atom stereocenters. The fraction of sp³-hybridized carbons (Fsp3) is 0.600. The first kappa shape index (κ1) is 13.0. The molecule has 1 atom stereocenters. The Kier molecular flexibility index (Phi) is 4.93. The minimum atomic E-state index is 0.478. The highest BCUT2D eigenvalue weighted by atomic mass is 32.2. The quantitative estimate of drug-likeness (QED) is 0.783. The van der Waals surface area contributed by atoms with Gasteiger partial charge in [-0.2, -0.15) is 0 Å². The molecule has 0 spiro atoms. The van der Waals surface area contributed by atoms with Gasteiger partial charge in [-0.1, -0.05) is 25.0 Å². The molecule has 0 heterocycles. The Hall–Kier alpha value is -0.470. The van der Waals surface area contributed by atoms with Crippen LogP contribution in [0.1, 0.15) is 44.2 Å². The molecule has 1 aromatic rings. The molecule has 1 fully saturated rings. The van der Waals surface area contributed by atoms with Gasteiger partial charge < -0.3 is 5.32 Å². The van der Waals surface area contributed by atoms with Gasteiger partial charge in [-0.05, 0) is 56.2 Å². The molecule has 0 radical (unpaired) electrons. The van der Waals surface area contributed by atoms with Gasteiger partial charge in [-0.25, -0.2) is 0 Å². The van der Waals surface area contributed by atoms with Crippen molar-refractivity contribution in [3.8, 4) is 0 Å². The lowest BCUT2D eigenvalue weighted by molar-refractivity contribution is 0.452. The Balaban J connectivity index is 1.83. The van der Waals surface area contributed by atoms with Crippen molar-refractivity contribution in [2.45, 2.75) is 43.5 Å². The van der Waals surface area contributed by atoms with Crippen LogP contribution in [0.2, 0.25) is 0 Å². The summed E-state index contributed by atoms with van der Waals surface area (Å²) in [5.41, 5.74) is 1.40. The Morgan fingerprint density at radius 2 is 1.88 bits per heavy atom. The molecular formula is C15H23NS. The lowest BCUT2D eigenvalue weighted by Crippen LogP contribution is -2.24. The maximum absolute atomic E-state index is 3.67. The number of hydrogen-bond acceptors (Lipinski definition) is 2. The van der Waals surface area contributed by atoms with Gasteiger partial charge >= 0.3 is 0 Å². The van der Waals surface area contributed by atoms with E-state index >= 15 is 0 Å². The van der Waals surface area contributed by atoms with E-state index in [1.54, 1.807) is 11.8 Å². The number of rotatable bonds is 5. The molecular weight excluding hydrogens is 226 g/mol. The van der Waals surface area contributed by atoms with Crippen molar-refractivity contribution in [2.75, 3.05) is 12.8 Å². The SMILES string of the molecule is CSc1ccc(C(C)NCC2CCCC2)cc1. The van der Waals surface area contributed by atoms with Crippen LogP contribution in [0.4, 0.5) is 0 Å². The van der Waals surface area contributed by atoms with Crippen molar-refractivity contribution in [3.05, 3.63) is 29.8 Å². The molecule has 0 aromatic heterocycles. The third-order valence-electron chi connectivity index (χ3n) is 3.80. The topological polar surface area (TPSA) is 12.0 Å². The third-order valence-corrected chi connectivity index (χ3v) is 4.55. The van der Waals surface area contributed by atoms with Gasteiger partial charge in [0.2, 0.25) is 0 Å². The largest absolute Gasteiger partial charge is 0.310 e. The summed E-state index contributed by atoms with van der Waals surface area (Å²) in [6.45, 7) is 3.45. The minimum Gasteiger partial charge on any atom is -0.310 e. The predicted molar refractivity (Wildman–Crippen MR) is 76.6 cm³/mol. The van der Waals surface area contributed by atoms with Crippen LogP contribution >= 0.6 is 11.8 Å². The zero-order chi connectivity index (χ0) is 12.1. The molecule has 1 saturated carbocycles. The molecule has 1 aromatic carbocycles. The molecule has 17 heavy (non-hydrogen) atoms. The summed E-state index contributed by atoms with van der Waals surface area (Å²) < 4.78 is 0. The van der Waals surface area contributed by atoms with E-state index in [4.69, 9.17) is 0 Å². The highest BCUT2D eigenvalue weighted by Crippen LogP contribution is 2.25. The van der Waals surface area contributed by atoms with E-state index < -0.39 is 0 Å². The fourth-order valence-electron chi connectivity index (χ4n) is 2.57. The third kappa shape index (κ3) is 3.75. The normalized spacial score (nSPS) is 18.5. The van der Waals surface area contributed by atoms with Crippen molar-refractivity contribution in [1.29, 1.82) is 0 Å². The first-order chi connectivity index (χ1) is 8.29. The molecule has 94 valence electrons. The van der Waals surface area contributed by atoms with E-state index in [2.05, 4.69) is 42.8 Å². The van der Waals surface area contributed by atoms with E-state index in [0.29, 0.717) is 6.04 Å². The van der Waals surface area contributed by atoms with Crippen LogP contribution in [0.3, 0.4) is 0 Å². The summed E-state index contributed by atoms with van der Waals surface area (Å²) >= 11 is 1.80. The second-order valence-electron chi connectivity index (χ2n) is 5.05. The summed E-state index contributed by atoms with van der Waals surface area (Å²) in [7, 11) is 0. The second-order valence-corrected chi connectivity index (χ2v) is 5.93. The Bertz CT molecular complexity index is 327. The monoisotopic (exact) mass is 249 g/mol. The van der Waals surface area contributed by atoms with E-state index in [0.717, 1.165) is 5.92 Å². The summed E-state index contributed by atoms with van der Waals surface area (Å²) in [5, 5.41) is 3.67. The lowest BCUT2D eigenvalue weighted by atomic mass is 10.1. The Labute approximate surface area is 109 Å². The predicted octanol–water partition coefficient (Wildman–Crippen LogP) is 4.25. The van der Waals surface area contributed by atoms with Crippen molar-refractivity contribution >= 4 is 11.8 Å². The molecule has 1 aliphatic carbocycles. The van der Waals surface area contributed by atoms with Gasteiger partial charge in [-0.15, -0.1) is 11.8 Å². The summed E-state index contributed by atoms with van der Waals surface area (Å²) in [6.07, 6.45) is 7.83. The van der Waals surface area contributed by atoms with Crippen LogP contribution in [0, 0.1) is 5.92 Å². The molecule has 0 amide bonds. The summed E-state index contributed by atoms with van der Waals surface area (Å²) in [6, 6.07) is 9.41. The lowest BCUT2D eigenvalue weighted by Gasteiger charge is -2.17. The van der Waals surface area contributed by atoms with Gasteiger partial charge in [0.15, 0.2) is 0 Å². The van der Waals surface area contributed by atoms with Crippen molar-refractivity contribution < 1.29 is 0 Å². The van der Waals surface area contributed by atoms with Crippen LogP contribution in [0.25, 0.3) is 0 Å². The van der Waals surface area contributed by atoms with Crippen LogP contribution < -0.4 is 5.32 Å². The van der Waals surface area contributed by atoms with E-state index in [1.807, 2.05) is 0 Å². The standard InChI is InChI=1S/C15H23NS/c1-12(16-11-13-5-3-4-6-13)14-7-9-15(17-2)10-8-14/h7-10,12-13,16H,3-6,11H2,1-2H3. The maximum atomic E-state index is 3.67. The number of benzene rings is 1. The van der Waals surface area contributed by atoms with Crippen molar-refractivity contribution in [2.24, 2.45) is 5.92 Å². The van der Waals surface area contributed by atoms with Crippen LogP contribution in [0.15, 0.2) is 29.2 Å². The van der Waals surface area contributed by atoms with Gasteiger partial charge in [0.05, 0.1) is 0 Å². The van der Waals surface area contributed by atoms with Crippen molar-refractivity contribution in [1.82, 2.24) is 5.32 Å². The van der Waals surface area contributed by atoms with E-state index in [-0.39, 0.29) is 0 Å². The average molecular weight is 249 g/mol. The average Bonchev–Trinajstić information content (AvgIpc) is 2.89. The van der Waals surface area contributed by atoms with Crippen molar-refractivity contribution in [3.63, 3.8) is 0 Å². The number of nitrogens with one attached hydrogen (secondary N) is 1. The smallest absolute Gasteiger partial charge is 0.0291 e. The Morgan fingerprint density at radius 3 is 2.47 bits per heavy atom. The molecule has 2 heteroatoms. The Morgan fingerprint density at radius 1 is 1.24 bits per heavy atom. The maximum Gasteiger partial charge on any atom is 0.0291 e. The first-order valence-electron chi connectivity index (χ1n) is 6.67. The summed E-state index contributed by atoms with van der Waals surface area (Å²) in [5.74, 6) is 0.919. The highest BCUT2D eigenvalue weighted by Gasteiger charge is 2.15. The second kappa shape index (κ2) is 6.46. The molecule has 0 aliphatic heterocycles. The number of hydrogen-bond donors (Lipinski definition) is 1. The van der Waals surface area contributed by atoms with E-state index in [9.17, 15) is 0 Å². The zero-order valence-electron chi connectivity index (χ0n) is 10.9. The zero-order valence-corrected chi connectivity index (χ0v) is 11.7. The van der Waals surface area contributed by atoms with Crippen LogP contribution in [0.5, 0.6) is 0 Å². The fourth-order valence-corrected chi connectivity index (χ4v) is 2.98.